The second-order valence-corrected chi connectivity index (χ2v) is 11.9. The van der Waals surface area contributed by atoms with Crippen LogP contribution in [0, 0.1) is 13.8 Å². The molecule has 0 atom stereocenters. The van der Waals surface area contributed by atoms with Gasteiger partial charge in [-0.2, -0.15) is 9.40 Å². The van der Waals surface area contributed by atoms with Crippen molar-refractivity contribution in [1.82, 2.24) is 19.4 Å². The SMILES string of the molecule is Cc1ccc(-c2cc(C(=O)N3CCN(S(=O)(=O)c4ccc(C(C)(C)C)cc4)CC3)[nH]n2)cc1C. The minimum Gasteiger partial charge on any atom is -0.335 e. The first-order valence-corrected chi connectivity index (χ1v) is 12.9. The van der Waals surface area contributed by atoms with Gasteiger partial charge in [-0.1, -0.05) is 45.0 Å². The number of amides is 1. The molecule has 7 nitrogen and oxygen atoms in total. The van der Waals surface area contributed by atoms with E-state index in [9.17, 15) is 13.2 Å². The molecule has 2 aromatic carbocycles. The number of aromatic nitrogens is 2. The van der Waals surface area contributed by atoms with Crippen LogP contribution in [-0.2, 0) is 15.4 Å². The van der Waals surface area contributed by atoms with Gasteiger partial charge in [0, 0.05) is 31.7 Å². The second-order valence-electron chi connectivity index (χ2n) is 9.94. The van der Waals surface area contributed by atoms with Crippen LogP contribution in [0.1, 0.15) is 48.0 Å². The van der Waals surface area contributed by atoms with E-state index in [1.807, 2.05) is 31.2 Å². The number of hydrogen-bond acceptors (Lipinski definition) is 4. The van der Waals surface area contributed by atoms with Crippen LogP contribution in [0.25, 0.3) is 11.3 Å². The number of rotatable bonds is 4. The molecule has 0 bridgehead atoms. The fourth-order valence-corrected chi connectivity index (χ4v) is 5.48. The fourth-order valence-electron chi connectivity index (χ4n) is 4.06. The van der Waals surface area contributed by atoms with Gasteiger partial charge in [-0.15, -0.1) is 0 Å². The highest BCUT2D eigenvalue weighted by atomic mass is 32.2. The highest BCUT2D eigenvalue weighted by Gasteiger charge is 2.31. The topological polar surface area (TPSA) is 86.4 Å². The Morgan fingerprint density at radius 1 is 0.912 bits per heavy atom. The number of aryl methyl sites for hydroxylation is 2. The third-order valence-electron chi connectivity index (χ3n) is 6.49. The van der Waals surface area contributed by atoms with Crippen molar-refractivity contribution in [1.29, 1.82) is 0 Å². The summed E-state index contributed by atoms with van der Waals surface area (Å²) in [7, 11) is -3.60. The van der Waals surface area contributed by atoms with Gasteiger partial charge in [0.05, 0.1) is 10.6 Å². The molecule has 0 spiro atoms. The van der Waals surface area contributed by atoms with Crippen LogP contribution in [-0.4, -0.2) is 59.9 Å². The maximum absolute atomic E-state index is 13.1. The molecule has 3 aromatic rings. The zero-order valence-corrected chi connectivity index (χ0v) is 21.2. The Morgan fingerprint density at radius 2 is 1.56 bits per heavy atom. The van der Waals surface area contributed by atoms with Crippen molar-refractivity contribution in [2.75, 3.05) is 26.2 Å². The summed E-state index contributed by atoms with van der Waals surface area (Å²) in [6.45, 7) is 11.6. The van der Waals surface area contributed by atoms with Crippen LogP contribution in [0.5, 0.6) is 0 Å². The average Bonchev–Trinajstić information content (AvgIpc) is 3.30. The van der Waals surface area contributed by atoms with Crippen molar-refractivity contribution in [2.24, 2.45) is 0 Å². The van der Waals surface area contributed by atoms with Gasteiger partial charge in [-0.3, -0.25) is 9.89 Å². The molecule has 1 aliphatic heterocycles. The molecular formula is C26H32N4O3S. The summed E-state index contributed by atoms with van der Waals surface area (Å²) in [6.07, 6.45) is 0. The van der Waals surface area contributed by atoms with Gasteiger partial charge in [0.2, 0.25) is 10.0 Å². The van der Waals surface area contributed by atoms with Crippen molar-refractivity contribution >= 4 is 15.9 Å². The normalized spacial score (nSPS) is 15.5. The van der Waals surface area contributed by atoms with Crippen molar-refractivity contribution in [2.45, 2.75) is 44.9 Å². The summed E-state index contributed by atoms with van der Waals surface area (Å²) < 4.78 is 27.7. The van der Waals surface area contributed by atoms with Crippen LogP contribution >= 0.6 is 0 Å². The largest absolute Gasteiger partial charge is 0.335 e. The number of aromatic amines is 1. The lowest BCUT2D eigenvalue weighted by Gasteiger charge is -2.33. The molecule has 0 radical (unpaired) electrons. The Balaban J connectivity index is 1.42. The van der Waals surface area contributed by atoms with E-state index in [1.165, 1.54) is 15.4 Å². The van der Waals surface area contributed by atoms with Crippen LogP contribution in [0.4, 0.5) is 0 Å². The van der Waals surface area contributed by atoms with Gasteiger partial charge in [0.1, 0.15) is 5.69 Å². The van der Waals surface area contributed by atoms with Gasteiger partial charge >= 0.3 is 0 Å². The molecule has 8 heteroatoms. The summed E-state index contributed by atoms with van der Waals surface area (Å²) in [4.78, 5) is 15.0. The molecule has 34 heavy (non-hydrogen) atoms. The standard InChI is InChI=1S/C26H32N4O3S/c1-18-6-7-20(16-19(18)2)23-17-24(28-27-23)25(31)29-12-14-30(15-13-29)34(32,33)22-10-8-21(9-11-22)26(3,4)5/h6-11,16-17H,12-15H2,1-5H3,(H,27,28). The molecule has 1 aliphatic rings. The van der Waals surface area contributed by atoms with Gasteiger partial charge in [0.15, 0.2) is 0 Å². The molecule has 1 saturated heterocycles. The lowest BCUT2D eigenvalue weighted by Crippen LogP contribution is -2.50. The van der Waals surface area contributed by atoms with Crippen molar-refractivity contribution in [3.63, 3.8) is 0 Å². The Bertz CT molecular complexity index is 1300. The van der Waals surface area contributed by atoms with Crippen LogP contribution in [0.3, 0.4) is 0 Å². The molecule has 0 unspecified atom stereocenters. The molecule has 1 N–H and O–H groups in total. The Labute approximate surface area is 201 Å². The fraction of sp³-hybridized carbons (Fsp3) is 0.385. The predicted molar refractivity (Wildman–Crippen MR) is 133 cm³/mol. The first-order valence-electron chi connectivity index (χ1n) is 11.5. The minimum atomic E-state index is -3.60. The number of nitrogens with zero attached hydrogens (tertiary/aromatic N) is 3. The van der Waals surface area contributed by atoms with Gasteiger partial charge in [0.25, 0.3) is 5.91 Å². The average molecular weight is 481 g/mol. The summed E-state index contributed by atoms with van der Waals surface area (Å²) >= 11 is 0. The first-order chi connectivity index (χ1) is 16.0. The number of piperazine rings is 1. The third-order valence-corrected chi connectivity index (χ3v) is 8.41. The molecule has 0 saturated carbocycles. The number of sulfonamides is 1. The first kappa shape index (κ1) is 24.2. The quantitative estimate of drug-likeness (QED) is 0.608. The number of H-pyrrole nitrogens is 1. The number of nitrogens with one attached hydrogen (secondary N) is 1. The Morgan fingerprint density at radius 3 is 2.15 bits per heavy atom. The monoisotopic (exact) mass is 480 g/mol. The van der Waals surface area contributed by atoms with E-state index in [2.05, 4.69) is 44.0 Å². The number of carbonyl (C=O) groups excluding carboxylic acids is 1. The zero-order chi connectivity index (χ0) is 24.7. The van der Waals surface area contributed by atoms with E-state index in [0.29, 0.717) is 24.5 Å². The van der Waals surface area contributed by atoms with Crippen LogP contribution < -0.4 is 0 Å². The Kier molecular flexibility index (Phi) is 6.40. The van der Waals surface area contributed by atoms with Crippen molar-refractivity contribution in [3.05, 3.63) is 70.9 Å². The molecule has 0 aliphatic carbocycles. The summed E-state index contributed by atoms with van der Waals surface area (Å²) in [6, 6.07) is 14.9. The minimum absolute atomic E-state index is 0.0426. The van der Waals surface area contributed by atoms with Crippen LogP contribution in [0.2, 0.25) is 0 Å². The molecule has 180 valence electrons. The molecule has 1 aromatic heterocycles. The van der Waals surface area contributed by atoms with Gasteiger partial charge in [-0.25, -0.2) is 8.42 Å². The van der Waals surface area contributed by atoms with Gasteiger partial charge in [-0.05, 0) is 60.2 Å². The highest BCUT2D eigenvalue weighted by molar-refractivity contribution is 7.89. The van der Waals surface area contributed by atoms with E-state index >= 15 is 0 Å². The van der Waals surface area contributed by atoms with Gasteiger partial charge < -0.3 is 4.90 Å². The zero-order valence-electron chi connectivity index (χ0n) is 20.4. The van der Waals surface area contributed by atoms with E-state index in [0.717, 1.165) is 11.1 Å². The van der Waals surface area contributed by atoms with E-state index in [1.54, 1.807) is 23.1 Å². The maximum atomic E-state index is 13.1. The van der Waals surface area contributed by atoms with E-state index in [-0.39, 0.29) is 29.3 Å². The lowest BCUT2D eigenvalue weighted by atomic mass is 9.87. The molecule has 4 rings (SSSR count). The van der Waals surface area contributed by atoms with Crippen molar-refractivity contribution in [3.8, 4) is 11.3 Å². The van der Waals surface area contributed by atoms with E-state index < -0.39 is 10.0 Å². The van der Waals surface area contributed by atoms with E-state index in [4.69, 9.17) is 0 Å². The Hall–Kier alpha value is -2.97. The molecular weight excluding hydrogens is 448 g/mol. The number of benzene rings is 2. The lowest BCUT2D eigenvalue weighted by molar-refractivity contribution is 0.0692. The predicted octanol–water partition coefficient (Wildman–Crippen LogP) is 4.14. The van der Waals surface area contributed by atoms with Crippen molar-refractivity contribution < 1.29 is 13.2 Å². The molecule has 2 heterocycles. The highest BCUT2D eigenvalue weighted by Crippen LogP contribution is 2.26. The number of carbonyl (C=O) groups is 1. The smallest absolute Gasteiger partial charge is 0.271 e. The summed E-state index contributed by atoms with van der Waals surface area (Å²) in [5, 5.41) is 7.16. The summed E-state index contributed by atoms with van der Waals surface area (Å²) in [5.41, 5.74) is 5.48. The molecule has 1 amide bonds. The molecule has 1 fully saturated rings. The number of hydrogen-bond donors (Lipinski definition) is 1. The maximum Gasteiger partial charge on any atom is 0.271 e. The van der Waals surface area contributed by atoms with Crippen LogP contribution in [0.15, 0.2) is 53.4 Å². The third kappa shape index (κ3) is 4.79. The summed E-state index contributed by atoms with van der Waals surface area (Å²) in [5.74, 6) is -0.172. The second kappa shape index (κ2) is 9.00.